The summed E-state index contributed by atoms with van der Waals surface area (Å²) in [5.74, 6) is -0.0757. The van der Waals surface area contributed by atoms with Gasteiger partial charge in [0, 0.05) is 23.7 Å². The van der Waals surface area contributed by atoms with Crippen molar-refractivity contribution < 1.29 is 27.6 Å². The van der Waals surface area contributed by atoms with E-state index in [9.17, 15) is 28.1 Å². The molecule has 1 amide bonds. The van der Waals surface area contributed by atoms with E-state index in [4.69, 9.17) is 4.74 Å². The van der Waals surface area contributed by atoms with Gasteiger partial charge in [0.2, 0.25) is 5.91 Å². The van der Waals surface area contributed by atoms with Crippen LogP contribution in [0.4, 0.5) is 24.5 Å². The first-order valence-corrected chi connectivity index (χ1v) is 10.9. The fourth-order valence-electron chi connectivity index (χ4n) is 3.79. The number of amides is 1. The van der Waals surface area contributed by atoms with Crippen LogP contribution in [-0.2, 0) is 17.5 Å². The second kappa shape index (κ2) is 9.05. The Morgan fingerprint density at radius 1 is 1.17 bits per heavy atom. The summed E-state index contributed by atoms with van der Waals surface area (Å²) >= 11 is 0. The number of nitrogens with zero attached hydrogens (tertiary/aromatic N) is 3. The van der Waals surface area contributed by atoms with E-state index < -0.39 is 29.2 Å². The van der Waals surface area contributed by atoms with Crippen LogP contribution in [0, 0.1) is 30.9 Å². The third kappa shape index (κ3) is 5.61. The molecule has 3 aromatic rings. The lowest BCUT2D eigenvalue weighted by Gasteiger charge is -2.13. The van der Waals surface area contributed by atoms with Crippen LogP contribution in [0.25, 0.3) is 0 Å². The van der Waals surface area contributed by atoms with Crippen molar-refractivity contribution >= 4 is 17.3 Å². The van der Waals surface area contributed by atoms with Gasteiger partial charge in [0.25, 0.3) is 5.69 Å². The summed E-state index contributed by atoms with van der Waals surface area (Å²) < 4.78 is 46.3. The smallest absolute Gasteiger partial charge is 0.435 e. The predicted octanol–water partition coefficient (Wildman–Crippen LogP) is 6.04. The molecule has 8 nitrogen and oxygen atoms in total. The minimum atomic E-state index is -4.62. The van der Waals surface area contributed by atoms with Gasteiger partial charge in [-0.3, -0.25) is 19.6 Å². The molecular weight excluding hydrogens is 465 g/mol. The highest BCUT2D eigenvalue weighted by Crippen LogP contribution is 2.42. The number of nitrogens with one attached hydrogen (secondary N) is 1. The van der Waals surface area contributed by atoms with Crippen LogP contribution in [0.2, 0.25) is 0 Å². The molecule has 11 heteroatoms. The topological polar surface area (TPSA) is 99.3 Å². The van der Waals surface area contributed by atoms with Crippen molar-refractivity contribution in [3.63, 3.8) is 0 Å². The van der Waals surface area contributed by atoms with Gasteiger partial charge >= 0.3 is 6.18 Å². The third-order valence-electron chi connectivity index (χ3n) is 5.77. The normalized spacial score (nSPS) is 13.5. The number of nitro groups is 1. The van der Waals surface area contributed by atoms with E-state index in [2.05, 4.69) is 10.4 Å². The zero-order chi connectivity index (χ0) is 25.5. The molecule has 1 heterocycles. The maximum Gasteiger partial charge on any atom is 0.435 e. The molecule has 0 spiro atoms. The molecule has 4 rings (SSSR count). The van der Waals surface area contributed by atoms with Crippen LogP contribution in [0.3, 0.4) is 0 Å². The van der Waals surface area contributed by atoms with E-state index in [1.165, 1.54) is 12.1 Å². The Balaban J connectivity index is 1.58. The fraction of sp³-hybridized carbons (Fsp3) is 0.333. The van der Waals surface area contributed by atoms with Crippen molar-refractivity contribution in [2.75, 3.05) is 5.32 Å². The van der Waals surface area contributed by atoms with Crippen LogP contribution >= 0.6 is 0 Å². The molecule has 1 fully saturated rings. The first-order valence-electron chi connectivity index (χ1n) is 10.9. The number of benzene rings is 2. The number of carbonyl (C=O) groups excluding carboxylic acids is 1. The number of aromatic nitrogens is 2. The van der Waals surface area contributed by atoms with Crippen molar-refractivity contribution in [1.29, 1.82) is 0 Å². The molecule has 184 valence electrons. The van der Waals surface area contributed by atoms with E-state index >= 15 is 0 Å². The molecule has 0 atom stereocenters. The van der Waals surface area contributed by atoms with E-state index in [-0.39, 0.29) is 23.0 Å². The van der Waals surface area contributed by atoms with Crippen molar-refractivity contribution in [1.82, 2.24) is 9.78 Å². The van der Waals surface area contributed by atoms with Crippen LogP contribution < -0.4 is 10.1 Å². The summed E-state index contributed by atoms with van der Waals surface area (Å²) in [5.41, 5.74) is 1.87. The van der Waals surface area contributed by atoms with Crippen LogP contribution in [0.1, 0.15) is 46.8 Å². The van der Waals surface area contributed by atoms with E-state index in [0.29, 0.717) is 11.4 Å². The van der Waals surface area contributed by atoms with Gasteiger partial charge in [-0.2, -0.15) is 18.3 Å². The molecule has 0 saturated heterocycles. The van der Waals surface area contributed by atoms with Gasteiger partial charge in [-0.25, -0.2) is 0 Å². The number of carbonyl (C=O) groups is 1. The highest BCUT2D eigenvalue weighted by atomic mass is 19.4. The van der Waals surface area contributed by atoms with Gasteiger partial charge in [-0.15, -0.1) is 0 Å². The molecular formula is C24H23F3N4O4. The molecule has 0 radical (unpaired) electrons. The lowest BCUT2D eigenvalue weighted by atomic mass is 10.1. The molecule has 1 aromatic heterocycles. The number of hydrogen-bond donors (Lipinski definition) is 1. The number of alkyl halides is 3. The molecule has 2 aromatic carbocycles. The minimum absolute atomic E-state index is 0.0646. The van der Waals surface area contributed by atoms with Gasteiger partial charge in [0.1, 0.15) is 18.0 Å². The van der Waals surface area contributed by atoms with Crippen molar-refractivity contribution in [2.45, 2.75) is 52.3 Å². The number of nitro benzene ring substituents is 1. The molecule has 1 saturated carbocycles. The van der Waals surface area contributed by atoms with E-state index in [1.807, 2.05) is 26.8 Å². The highest BCUT2D eigenvalue weighted by molar-refractivity contribution is 5.91. The monoisotopic (exact) mass is 488 g/mol. The summed E-state index contributed by atoms with van der Waals surface area (Å²) in [7, 11) is 0. The van der Waals surface area contributed by atoms with Crippen LogP contribution in [-0.4, -0.2) is 20.6 Å². The summed E-state index contributed by atoms with van der Waals surface area (Å²) in [6.07, 6.45) is -3.16. The lowest BCUT2D eigenvalue weighted by Crippen LogP contribution is -2.21. The maximum atomic E-state index is 13.1. The van der Waals surface area contributed by atoms with Crippen molar-refractivity contribution in [3.05, 3.63) is 74.6 Å². The molecule has 1 aliphatic rings. The average Bonchev–Trinajstić information content (AvgIpc) is 3.50. The lowest BCUT2D eigenvalue weighted by molar-refractivity contribution is -0.384. The Labute approximate surface area is 198 Å². The summed E-state index contributed by atoms with van der Waals surface area (Å²) in [4.78, 5) is 23.5. The number of aryl methyl sites for hydroxylation is 2. The van der Waals surface area contributed by atoms with Gasteiger partial charge in [0.15, 0.2) is 5.69 Å². The molecule has 35 heavy (non-hydrogen) atoms. The molecule has 0 unspecified atom stereocenters. The molecule has 0 bridgehead atoms. The Kier molecular flexibility index (Phi) is 6.27. The summed E-state index contributed by atoms with van der Waals surface area (Å²) in [6, 6.07) is 8.57. The number of rotatable bonds is 7. The minimum Gasteiger partial charge on any atom is -0.457 e. The quantitative estimate of drug-likeness (QED) is 0.323. The number of non-ortho nitro benzene ring substituents is 1. The Morgan fingerprint density at radius 3 is 2.51 bits per heavy atom. The standard InChI is InChI=1S/C24H23F3N4O4/c1-13-6-14(2)15(3)21(7-13)35-19-9-17(8-18(10-19)31(33)34)28-23(32)12-30-20(16-4-5-16)11-22(29-30)24(25,26)27/h6-11,16H,4-5,12H2,1-3H3,(H,28,32). The van der Waals surface area contributed by atoms with Crippen molar-refractivity contribution in [3.8, 4) is 11.5 Å². The zero-order valence-electron chi connectivity index (χ0n) is 19.3. The van der Waals surface area contributed by atoms with Crippen LogP contribution in [0.15, 0.2) is 36.4 Å². The zero-order valence-corrected chi connectivity index (χ0v) is 19.3. The summed E-state index contributed by atoms with van der Waals surface area (Å²) in [6.45, 7) is 5.22. The molecule has 1 aliphatic carbocycles. The average molecular weight is 488 g/mol. The van der Waals surface area contributed by atoms with Gasteiger partial charge in [0.05, 0.1) is 16.7 Å². The van der Waals surface area contributed by atoms with Gasteiger partial charge < -0.3 is 10.1 Å². The number of ether oxygens (including phenoxy) is 1. The fourth-order valence-corrected chi connectivity index (χ4v) is 3.79. The first-order chi connectivity index (χ1) is 16.4. The largest absolute Gasteiger partial charge is 0.457 e. The van der Waals surface area contributed by atoms with Crippen LogP contribution in [0.5, 0.6) is 11.5 Å². The highest BCUT2D eigenvalue weighted by Gasteiger charge is 2.38. The van der Waals surface area contributed by atoms with Crippen molar-refractivity contribution in [2.24, 2.45) is 0 Å². The van der Waals surface area contributed by atoms with E-state index in [1.54, 1.807) is 6.07 Å². The molecule has 1 N–H and O–H groups in total. The summed E-state index contributed by atoms with van der Waals surface area (Å²) in [5, 5.41) is 17.5. The second-order valence-corrected chi connectivity index (χ2v) is 8.71. The maximum absolute atomic E-state index is 13.1. The SMILES string of the molecule is Cc1cc(C)c(C)c(Oc2cc(NC(=O)Cn3nc(C(F)(F)F)cc3C3CC3)cc([N+](=O)[O-])c2)c1. The third-order valence-corrected chi connectivity index (χ3v) is 5.77. The van der Waals surface area contributed by atoms with Gasteiger partial charge in [-0.1, -0.05) is 6.07 Å². The first kappa shape index (κ1) is 24.2. The molecule has 0 aliphatic heterocycles. The van der Waals surface area contributed by atoms with E-state index in [0.717, 1.165) is 46.3 Å². The van der Waals surface area contributed by atoms with Gasteiger partial charge in [-0.05, 0) is 62.4 Å². The number of anilines is 1. The second-order valence-electron chi connectivity index (χ2n) is 8.71. The Morgan fingerprint density at radius 2 is 1.89 bits per heavy atom. The number of hydrogen-bond acceptors (Lipinski definition) is 5. The Bertz CT molecular complexity index is 1310. The predicted molar refractivity (Wildman–Crippen MR) is 122 cm³/mol. The Hall–Kier alpha value is -3.89. The number of halogens is 3.